The number of rotatable bonds is 3. The highest BCUT2D eigenvalue weighted by molar-refractivity contribution is 4.84. The Morgan fingerprint density at radius 1 is 1.33 bits per heavy atom. The molecule has 15 heavy (non-hydrogen) atoms. The van der Waals surface area contributed by atoms with Gasteiger partial charge in [0.25, 0.3) is 0 Å². The lowest BCUT2D eigenvalue weighted by Gasteiger charge is -2.40. The fourth-order valence-corrected chi connectivity index (χ4v) is 2.99. The van der Waals surface area contributed by atoms with Gasteiger partial charge in [-0.1, -0.05) is 6.92 Å². The van der Waals surface area contributed by atoms with Crippen molar-refractivity contribution < 1.29 is 4.74 Å². The summed E-state index contributed by atoms with van der Waals surface area (Å²) in [7, 11) is 0. The van der Waals surface area contributed by atoms with E-state index in [0.717, 1.165) is 25.6 Å². The predicted molar refractivity (Wildman–Crippen MR) is 61.8 cm³/mol. The molecule has 2 rings (SSSR count). The lowest BCUT2D eigenvalue weighted by Crippen LogP contribution is -2.50. The molecule has 2 saturated heterocycles. The Hall–Kier alpha value is -0.120. The van der Waals surface area contributed by atoms with Crippen LogP contribution >= 0.6 is 0 Å². The molecular weight excluding hydrogens is 188 g/mol. The predicted octanol–water partition coefficient (Wildman–Crippen LogP) is 1.22. The Bertz CT molecular complexity index is 192. The van der Waals surface area contributed by atoms with Gasteiger partial charge in [0, 0.05) is 25.7 Å². The normalized spacial score (nSPS) is 38.4. The van der Waals surface area contributed by atoms with E-state index in [0.29, 0.717) is 12.1 Å². The van der Waals surface area contributed by atoms with Crippen molar-refractivity contribution in [2.75, 3.05) is 26.2 Å². The minimum absolute atomic E-state index is 0.476. The summed E-state index contributed by atoms with van der Waals surface area (Å²) in [6, 6.07) is 0.586. The first-order valence-electron chi connectivity index (χ1n) is 6.37. The summed E-state index contributed by atoms with van der Waals surface area (Å²) in [6.07, 6.45) is 5.61. The van der Waals surface area contributed by atoms with Crippen molar-refractivity contribution in [3.8, 4) is 0 Å². The van der Waals surface area contributed by atoms with Gasteiger partial charge in [0.1, 0.15) is 0 Å². The summed E-state index contributed by atoms with van der Waals surface area (Å²) in [6.45, 7) is 6.41. The molecule has 2 aliphatic heterocycles. The number of nitrogens with two attached hydrogens (primary N) is 1. The van der Waals surface area contributed by atoms with Crippen LogP contribution in [0.25, 0.3) is 0 Å². The smallest absolute Gasteiger partial charge is 0.0702 e. The van der Waals surface area contributed by atoms with E-state index >= 15 is 0 Å². The zero-order chi connectivity index (χ0) is 10.7. The van der Waals surface area contributed by atoms with Crippen molar-refractivity contribution in [2.24, 2.45) is 11.7 Å². The first-order chi connectivity index (χ1) is 7.31. The van der Waals surface area contributed by atoms with Gasteiger partial charge in [-0.3, -0.25) is 4.90 Å². The fraction of sp³-hybridized carbons (Fsp3) is 1.00. The zero-order valence-corrected chi connectivity index (χ0v) is 9.82. The molecule has 0 aromatic carbocycles. The van der Waals surface area contributed by atoms with Gasteiger partial charge in [0.15, 0.2) is 0 Å². The molecule has 88 valence electrons. The molecular formula is C12H24N2O. The first-order valence-corrected chi connectivity index (χ1v) is 6.37. The highest BCUT2D eigenvalue weighted by atomic mass is 16.5. The Balaban J connectivity index is 1.87. The maximum atomic E-state index is 5.88. The minimum atomic E-state index is 0.476. The molecule has 2 N–H and O–H groups in total. The molecule has 0 aromatic heterocycles. The number of hydrogen-bond acceptors (Lipinski definition) is 3. The van der Waals surface area contributed by atoms with E-state index in [2.05, 4.69) is 11.8 Å². The van der Waals surface area contributed by atoms with Gasteiger partial charge >= 0.3 is 0 Å². The van der Waals surface area contributed by atoms with Crippen LogP contribution in [0.5, 0.6) is 0 Å². The molecule has 0 bridgehead atoms. The Morgan fingerprint density at radius 2 is 2.20 bits per heavy atom. The summed E-state index contributed by atoms with van der Waals surface area (Å²) in [5, 5.41) is 0. The molecule has 0 radical (unpaired) electrons. The summed E-state index contributed by atoms with van der Waals surface area (Å²) < 4.78 is 5.70. The van der Waals surface area contributed by atoms with Gasteiger partial charge in [0.05, 0.1) is 6.10 Å². The van der Waals surface area contributed by atoms with Gasteiger partial charge in [-0.15, -0.1) is 0 Å². The fourth-order valence-electron chi connectivity index (χ4n) is 2.99. The van der Waals surface area contributed by atoms with E-state index in [1.807, 2.05) is 0 Å². The minimum Gasteiger partial charge on any atom is -0.377 e. The van der Waals surface area contributed by atoms with Crippen molar-refractivity contribution in [1.29, 1.82) is 0 Å². The number of hydrogen-bond donors (Lipinski definition) is 1. The van der Waals surface area contributed by atoms with E-state index in [-0.39, 0.29) is 0 Å². The molecule has 2 fully saturated rings. The monoisotopic (exact) mass is 212 g/mol. The van der Waals surface area contributed by atoms with Crippen molar-refractivity contribution in [2.45, 2.75) is 44.8 Å². The van der Waals surface area contributed by atoms with Crippen molar-refractivity contribution in [3.63, 3.8) is 0 Å². The molecule has 2 heterocycles. The SMILES string of the molecule is CC1CCCN(CC2CCCO2)C1CN. The van der Waals surface area contributed by atoms with Crippen LogP contribution in [-0.2, 0) is 4.74 Å². The third-order valence-corrected chi connectivity index (χ3v) is 3.93. The van der Waals surface area contributed by atoms with Gasteiger partial charge in [-0.05, 0) is 38.1 Å². The third-order valence-electron chi connectivity index (χ3n) is 3.93. The number of likely N-dealkylation sites (tertiary alicyclic amines) is 1. The van der Waals surface area contributed by atoms with Gasteiger partial charge in [-0.25, -0.2) is 0 Å². The van der Waals surface area contributed by atoms with Gasteiger partial charge in [-0.2, -0.15) is 0 Å². The highest BCUT2D eigenvalue weighted by Crippen LogP contribution is 2.24. The average molecular weight is 212 g/mol. The lowest BCUT2D eigenvalue weighted by atomic mass is 9.90. The molecule has 0 amide bonds. The average Bonchev–Trinajstić information content (AvgIpc) is 2.71. The molecule has 2 aliphatic rings. The van der Waals surface area contributed by atoms with E-state index < -0.39 is 0 Å². The quantitative estimate of drug-likeness (QED) is 0.764. The number of piperidine rings is 1. The zero-order valence-electron chi connectivity index (χ0n) is 9.82. The van der Waals surface area contributed by atoms with E-state index in [9.17, 15) is 0 Å². The standard InChI is InChI=1S/C12H24N2O/c1-10-4-2-6-14(12(10)8-13)9-11-5-3-7-15-11/h10-12H,2-9,13H2,1H3. The molecule has 0 saturated carbocycles. The molecule has 0 aromatic rings. The van der Waals surface area contributed by atoms with E-state index in [1.54, 1.807) is 0 Å². The molecule has 3 atom stereocenters. The van der Waals surface area contributed by atoms with Crippen LogP contribution in [0.2, 0.25) is 0 Å². The third kappa shape index (κ3) is 2.71. The summed E-state index contributed by atoms with van der Waals surface area (Å²) in [5.74, 6) is 0.755. The number of ether oxygens (including phenoxy) is 1. The summed E-state index contributed by atoms with van der Waals surface area (Å²) in [5.41, 5.74) is 5.88. The second kappa shape index (κ2) is 5.28. The molecule has 3 unspecified atom stereocenters. The first kappa shape index (κ1) is 11.4. The maximum absolute atomic E-state index is 5.88. The van der Waals surface area contributed by atoms with Crippen LogP contribution < -0.4 is 5.73 Å². The summed E-state index contributed by atoms with van der Waals surface area (Å²) in [4.78, 5) is 2.56. The van der Waals surface area contributed by atoms with Crippen LogP contribution in [0.3, 0.4) is 0 Å². The van der Waals surface area contributed by atoms with Crippen LogP contribution in [0, 0.1) is 5.92 Å². The largest absolute Gasteiger partial charge is 0.377 e. The van der Waals surface area contributed by atoms with Crippen LogP contribution in [0.4, 0.5) is 0 Å². The van der Waals surface area contributed by atoms with Crippen LogP contribution in [-0.4, -0.2) is 43.3 Å². The van der Waals surface area contributed by atoms with Crippen LogP contribution in [0.15, 0.2) is 0 Å². The number of nitrogens with zero attached hydrogens (tertiary/aromatic N) is 1. The van der Waals surface area contributed by atoms with E-state index in [4.69, 9.17) is 10.5 Å². The molecule has 0 spiro atoms. The maximum Gasteiger partial charge on any atom is 0.0702 e. The molecule has 0 aliphatic carbocycles. The van der Waals surface area contributed by atoms with Crippen molar-refractivity contribution in [1.82, 2.24) is 4.90 Å². The Kier molecular flexibility index (Phi) is 4.00. The van der Waals surface area contributed by atoms with Crippen molar-refractivity contribution >= 4 is 0 Å². The Morgan fingerprint density at radius 3 is 2.87 bits per heavy atom. The molecule has 3 nitrogen and oxygen atoms in total. The summed E-state index contributed by atoms with van der Waals surface area (Å²) >= 11 is 0. The van der Waals surface area contributed by atoms with Crippen molar-refractivity contribution in [3.05, 3.63) is 0 Å². The van der Waals surface area contributed by atoms with Gasteiger partial charge in [0.2, 0.25) is 0 Å². The van der Waals surface area contributed by atoms with Gasteiger partial charge < -0.3 is 10.5 Å². The second-order valence-corrected chi connectivity index (χ2v) is 5.05. The Labute approximate surface area is 93.0 Å². The highest BCUT2D eigenvalue weighted by Gasteiger charge is 2.29. The van der Waals surface area contributed by atoms with Crippen LogP contribution in [0.1, 0.15) is 32.6 Å². The second-order valence-electron chi connectivity index (χ2n) is 5.05. The lowest BCUT2D eigenvalue weighted by molar-refractivity contribution is 0.0305. The van der Waals surface area contributed by atoms with E-state index in [1.165, 1.54) is 32.2 Å². The topological polar surface area (TPSA) is 38.5 Å². The molecule has 3 heteroatoms.